The third-order valence-electron chi connectivity index (χ3n) is 3.09. The minimum Gasteiger partial charge on any atom is -0.490 e. The molecule has 1 aromatic heterocycles. The predicted molar refractivity (Wildman–Crippen MR) is 81.9 cm³/mol. The molecule has 0 radical (unpaired) electrons. The average molecular weight is 274 g/mol. The van der Waals surface area contributed by atoms with Gasteiger partial charge in [0.1, 0.15) is 12.4 Å². The third kappa shape index (κ3) is 3.84. The van der Waals surface area contributed by atoms with Gasteiger partial charge in [0.25, 0.3) is 0 Å². The molecular formula is C16H22N2O2. The first-order valence-electron chi connectivity index (χ1n) is 7.02. The fourth-order valence-electron chi connectivity index (χ4n) is 1.93. The summed E-state index contributed by atoms with van der Waals surface area (Å²) in [6.45, 7) is 6.29. The number of rotatable bonds is 7. The van der Waals surface area contributed by atoms with Crippen LogP contribution in [0.1, 0.15) is 20.3 Å². The van der Waals surface area contributed by atoms with E-state index in [0.717, 1.165) is 29.7 Å². The normalized spacial score (nSPS) is 11.2. The molecule has 0 aliphatic rings. The summed E-state index contributed by atoms with van der Waals surface area (Å²) in [5.74, 6) is 1.47. The number of nitrogens with two attached hydrogens (primary N) is 1. The monoisotopic (exact) mass is 274 g/mol. The van der Waals surface area contributed by atoms with Crippen molar-refractivity contribution in [3.05, 3.63) is 30.5 Å². The lowest BCUT2D eigenvalue weighted by Crippen LogP contribution is -2.09. The van der Waals surface area contributed by atoms with Gasteiger partial charge in [0.05, 0.1) is 17.8 Å². The number of anilines is 1. The van der Waals surface area contributed by atoms with Gasteiger partial charge in [-0.05, 0) is 36.6 Å². The molecule has 4 nitrogen and oxygen atoms in total. The Balaban J connectivity index is 1.89. The van der Waals surface area contributed by atoms with Gasteiger partial charge >= 0.3 is 0 Å². The Bertz CT molecular complexity index is 555. The zero-order valence-corrected chi connectivity index (χ0v) is 12.1. The van der Waals surface area contributed by atoms with E-state index < -0.39 is 0 Å². The van der Waals surface area contributed by atoms with Gasteiger partial charge in [0.15, 0.2) is 0 Å². The first kappa shape index (κ1) is 14.6. The Morgan fingerprint density at radius 2 is 2.00 bits per heavy atom. The number of hydrogen-bond donors (Lipinski definition) is 1. The van der Waals surface area contributed by atoms with E-state index >= 15 is 0 Å². The van der Waals surface area contributed by atoms with Gasteiger partial charge in [-0.15, -0.1) is 0 Å². The summed E-state index contributed by atoms with van der Waals surface area (Å²) < 4.78 is 11.3. The molecule has 0 unspecified atom stereocenters. The summed E-state index contributed by atoms with van der Waals surface area (Å²) in [7, 11) is 0. The van der Waals surface area contributed by atoms with Crippen LogP contribution in [0.4, 0.5) is 5.69 Å². The maximum absolute atomic E-state index is 5.91. The smallest absolute Gasteiger partial charge is 0.128 e. The number of nitrogen functional groups attached to an aromatic ring is 1. The Hall–Kier alpha value is -1.81. The van der Waals surface area contributed by atoms with Crippen LogP contribution in [-0.2, 0) is 4.74 Å². The highest BCUT2D eigenvalue weighted by molar-refractivity contribution is 5.93. The Morgan fingerprint density at radius 3 is 2.80 bits per heavy atom. The predicted octanol–water partition coefficient (Wildman–Crippen LogP) is 3.26. The van der Waals surface area contributed by atoms with E-state index in [1.807, 2.05) is 24.3 Å². The summed E-state index contributed by atoms with van der Waals surface area (Å²) >= 11 is 0. The van der Waals surface area contributed by atoms with Crippen molar-refractivity contribution in [2.75, 3.05) is 25.6 Å². The van der Waals surface area contributed by atoms with E-state index in [-0.39, 0.29) is 0 Å². The van der Waals surface area contributed by atoms with E-state index in [1.54, 1.807) is 6.20 Å². The lowest BCUT2D eigenvalue weighted by atomic mass is 10.1. The van der Waals surface area contributed by atoms with Crippen LogP contribution >= 0.6 is 0 Å². The fraction of sp³-hybridized carbons (Fsp3) is 0.438. The molecule has 0 saturated carbocycles. The second-order valence-corrected chi connectivity index (χ2v) is 5.20. The molecule has 0 amide bonds. The highest BCUT2D eigenvalue weighted by Crippen LogP contribution is 2.28. The van der Waals surface area contributed by atoms with Gasteiger partial charge in [-0.1, -0.05) is 13.8 Å². The van der Waals surface area contributed by atoms with Gasteiger partial charge in [0.2, 0.25) is 0 Å². The van der Waals surface area contributed by atoms with Crippen molar-refractivity contribution in [3.63, 3.8) is 0 Å². The number of fused-ring (bicyclic) bond motifs is 1. The van der Waals surface area contributed by atoms with Crippen molar-refractivity contribution in [1.29, 1.82) is 0 Å². The second-order valence-electron chi connectivity index (χ2n) is 5.20. The Kier molecular flexibility index (Phi) is 5.18. The van der Waals surface area contributed by atoms with Crippen LogP contribution in [0, 0.1) is 5.92 Å². The van der Waals surface area contributed by atoms with Gasteiger partial charge in [-0.25, -0.2) is 0 Å². The molecule has 0 bridgehead atoms. The van der Waals surface area contributed by atoms with Crippen LogP contribution < -0.4 is 10.5 Å². The van der Waals surface area contributed by atoms with E-state index in [0.29, 0.717) is 24.8 Å². The number of aromatic nitrogens is 1. The minimum absolute atomic E-state index is 0.534. The highest BCUT2D eigenvalue weighted by atomic mass is 16.5. The summed E-state index contributed by atoms with van der Waals surface area (Å²) in [6.07, 6.45) is 2.81. The molecule has 1 heterocycles. The quantitative estimate of drug-likeness (QED) is 0.622. The van der Waals surface area contributed by atoms with Crippen molar-refractivity contribution in [1.82, 2.24) is 4.98 Å². The first-order chi connectivity index (χ1) is 9.68. The average Bonchev–Trinajstić information content (AvgIpc) is 2.45. The molecule has 2 N–H and O–H groups in total. The van der Waals surface area contributed by atoms with Gasteiger partial charge < -0.3 is 15.2 Å². The van der Waals surface area contributed by atoms with Gasteiger partial charge in [-0.3, -0.25) is 4.98 Å². The van der Waals surface area contributed by atoms with Crippen molar-refractivity contribution in [2.45, 2.75) is 20.3 Å². The molecule has 0 spiro atoms. The van der Waals surface area contributed by atoms with Crippen LogP contribution in [0.5, 0.6) is 5.75 Å². The minimum atomic E-state index is 0.534. The standard InChI is InChI=1S/C16H22N2O2/c1-12(2)7-9-19-10-11-20-15-6-5-14(17)16-13(15)4-3-8-18-16/h3-6,8,12H,7,9-11,17H2,1-2H3. The molecule has 0 fully saturated rings. The van der Waals surface area contributed by atoms with E-state index in [2.05, 4.69) is 18.8 Å². The van der Waals surface area contributed by atoms with Crippen LogP contribution in [0.3, 0.4) is 0 Å². The van der Waals surface area contributed by atoms with E-state index in [9.17, 15) is 0 Å². The summed E-state index contributed by atoms with van der Waals surface area (Å²) in [4.78, 5) is 4.28. The lowest BCUT2D eigenvalue weighted by molar-refractivity contribution is 0.0930. The molecule has 4 heteroatoms. The molecule has 0 atom stereocenters. The summed E-state index contributed by atoms with van der Waals surface area (Å²) in [5.41, 5.74) is 7.36. The van der Waals surface area contributed by atoms with Crippen molar-refractivity contribution in [3.8, 4) is 5.75 Å². The largest absolute Gasteiger partial charge is 0.490 e. The molecule has 0 saturated heterocycles. The molecule has 20 heavy (non-hydrogen) atoms. The van der Waals surface area contributed by atoms with Crippen LogP contribution in [0.25, 0.3) is 10.9 Å². The maximum Gasteiger partial charge on any atom is 0.128 e. The van der Waals surface area contributed by atoms with E-state index in [4.69, 9.17) is 15.2 Å². The third-order valence-corrected chi connectivity index (χ3v) is 3.09. The zero-order chi connectivity index (χ0) is 14.4. The first-order valence-corrected chi connectivity index (χ1v) is 7.02. The molecule has 0 aliphatic heterocycles. The summed E-state index contributed by atoms with van der Waals surface area (Å²) in [5, 5.41) is 0.940. The number of nitrogens with zero attached hydrogens (tertiary/aromatic N) is 1. The Morgan fingerprint density at radius 1 is 1.15 bits per heavy atom. The van der Waals surface area contributed by atoms with E-state index in [1.165, 1.54) is 0 Å². The van der Waals surface area contributed by atoms with Crippen LogP contribution in [-0.4, -0.2) is 24.8 Å². The SMILES string of the molecule is CC(C)CCOCCOc1ccc(N)c2ncccc12. The van der Waals surface area contributed by atoms with Crippen LogP contribution in [0.15, 0.2) is 30.5 Å². The number of benzene rings is 1. The number of pyridine rings is 1. The molecule has 2 rings (SSSR count). The van der Waals surface area contributed by atoms with Gasteiger partial charge in [-0.2, -0.15) is 0 Å². The topological polar surface area (TPSA) is 57.4 Å². The van der Waals surface area contributed by atoms with Crippen molar-refractivity contribution >= 4 is 16.6 Å². The van der Waals surface area contributed by atoms with Crippen LogP contribution in [0.2, 0.25) is 0 Å². The Labute approximate surface area is 119 Å². The lowest BCUT2D eigenvalue weighted by Gasteiger charge is -2.11. The molecular weight excluding hydrogens is 252 g/mol. The highest BCUT2D eigenvalue weighted by Gasteiger charge is 2.05. The fourth-order valence-corrected chi connectivity index (χ4v) is 1.93. The molecule has 1 aromatic carbocycles. The molecule has 2 aromatic rings. The number of hydrogen-bond acceptors (Lipinski definition) is 4. The second kappa shape index (κ2) is 7.10. The molecule has 108 valence electrons. The molecule has 0 aliphatic carbocycles. The van der Waals surface area contributed by atoms with Gasteiger partial charge in [0, 0.05) is 18.2 Å². The van der Waals surface area contributed by atoms with Crippen molar-refractivity contribution in [2.24, 2.45) is 5.92 Å². The number of ether oxygens (including phenoxy) is 2. The van der Waals surface area contributed by atoms with Crippen molar-refractivity contribution < 1.29 is 9.47 Å². The zero-order valence-electron chi connectivity index (χ0n) is 12.1. The maximum atomic E-state index is 5.91. The summed E-state index contributed by atoms with van der Waals surface area (Å²) in [6, 6.07) is 7.55.